The van der Waals surface area contributed by atoms with Crippen LogP contribution in [-0.4, -0.2) is 46.3 Å². The Balaban J connectivity index is 2.40. The summed E-state index contributed by atoms with van der Waals surface area (Å²) in [5.74, 6) is -2.17. The van der Waals surface area contributed by atoms with E-state index in [2.05, 4.69) is 5.32 Å². The minimum absolute atomic E-state index is 0.176. The molecule has 120 valence electrons. The van der Waals surface area contributed by atoms with Crippen LogP contribution in [0.15, 0.2) is 12.2 Å². The van der Waals surface area contributed by atoms with Gasteiger partial charge in [0.1, 0.15) is 0 Å². The van der Waals surface area contributed by atoms with Gasteiger partial charge in [-0.25, -0.2) is 0 Å². The Morgan fingerprint density at radius 3 is 2.33 bits per heavy atom. The first-order valence-electron chi connectivity index (χ1n) is 7.19. The topological polar surface area (TPSA) is 84.9 Å². The quantitative estimate of drug-likeness (QED) is 0.403. The predicted molar refractivity (Wildman–Crippen MR) is 81.1 cm³/mol. The molecule has 7 heteroatoms. The average Bonchev–Trinajstić information content (AvgIpc) is 2.51. The Bertz CT molecular complexity index is 395. The first kappa shape index (κ1) is 17.9. The van der Waals surface area contributed by atoms with Crippen molar-refractivity contribution in [3.63, 3.8) is 0 Å². The molecule has 21 heavy (non-hydrogen) atoms. The Morgan fingerprint density at radius 1 is 1.24 bits per heavy atom. The molecule has 0 saturated carbocycles. The average molecular weight is 315 g/mol. The van der Waals surface area contributed by atoms with Crippen LogP contribution < -0.4 is 5.32 Å². The van der Waals surface area contributed by atoms with Gasteiger partial charge in [-0.05, 0) is 31.9 Å². The van der Waals surface area contributed by atoms with E-state index in [0.29, 0.717) is 19.4 Å². The zero-order valence-corrected chi connectivity index (χ0v) is 13.9. The summed E-state index contributed by atoms with van der Waals surface area (Å²) in [5, 5.41) is 12.0. The predicted octanol–water partition coefficient (Wildman–Crippen LogP) is 1.52. The molecule has 0 aliphatic heterocycles. The number of carbonyl (C=O) groups is 2. The normalized spacial score (nSPS) is 22.0. The van der Waals surface area contributed by atoms with Crippen LogP contribution in [0.3, 0.4) is 0 Å². The highest BCUT2D eigenvalue weighted by Crippen LogP contribution is 2.26. The van der Waals surface area contributed by atoms with Gasteiger partial charge in [0.15, 0.2) is 0 Å². The van der Waals surface area contributed by atoms with E-state index in [-0.39, 0.29) is 5.91 Å². The smallest absolute Gasteiger partial charge is 0.334 e. The van der Waals surface area contributed by atoms with Gasteiger partial charge in [0, 0.05) is 20.8 Å². The maximum atomic E-state index is 12.1. The molecule has 2 N–H and O–H groups in total. The summed E-state index contributed by atoms with van der Waals surface area (Å²) in [7, 11) is 1.18. The lowest BCUT2D eigenvalue weighted by Crippen LogP contribution is -2.40. The third-order valence-electron chi connectivity index (χ3n) is 4.06. The maximum absolute atomic E-state index is 12.1. The van der Waals surface area contributed by atoms with Crippen molar-refractivity contribution in [2.24, 2.45) is 11.8 Å². The van der Waals surface area contributed by atoms with E-state index < -0.39 is 26.4 Å². The maximum Gasteiger partial charge on any atom is 0.334 e. The minimum atomic E-state index is -2.10. The van der Waals surface area contributed by atoms with Crippen molar-refractivity contribution in [2.45, 2.75) is 31.9 Å². The van der Waals surface area contributed by atoms with Gasteiger partial charge >= 0.3 is 14.5 Å². The Hall–Kier alpha value is -1.18. The minimum Gasteiger partial charge on any atom is -0.481 e. The summed E-state index contributed by atoms with van der Waals surface area (Å²) in [6.07, 6.45) is 5.38. The Morgan fingerprint density at radius 2 is 1.81 bits per heavy atom. The number of hydrogen-bond donors (Lipinski definition) is 2. The van der Waals surface area contributed by atoms with Crippen LogP contribution in [0.4, 0.5) is 0 Å². The van der Waals surface area contributed by atoms with Crippen molar-refractivity contribution in [1.29, 1.82) is 0 Å². The largest absolute Gasteiger partial charge is 0.481 e. The summed E-state index contributed by atoms with van der Waals surface area (Å²) in [6.45, 7) is 2.49. The highest BCUT2D eigenvalue weighted by molar-refractivity contribution is 6.65. The molecule has 2 atom stereocenters. The van der Waals surface area contributed by atoms with Crippen LogP contribution >= 0.6 is 0 Å². The van der Waals surface area contributed by atoms with Gasteiger partial charge in [0.2, 0.25) is 5.91 Å². The lowest BCUT2D eigenvalue weighted by molar-refractivity contribution is -0.147. The molecule has 1 rings (SSSR count). The number of aliphatic carboxylic acids is 1. The van der Waals surface area contributed by atoms with Crippen LogP contribution in [0.25, 0.3) is 0 Å². The molecule has 0 radical (unpaired) electrons. The molecule has 0 saturated heterocycles. The van der Waals surface area contributed by atoms with E-state index in [9.17, 15) is 9.59 Å². The summed E-state index contributed by atoms with van der Waals surface area (Å²) in [4.78, 5) is 23.3. The second-order valence-corrected chi connectivity index (χ2v) is 9.01. The monoisotopic (exact) mass is 315 g/mol. The van der Waals surface area contributed by atoms with E-state index in [1.54, 1.807) is 14.2 Å². The van der Waals surface area contributed by atoms with Gasteiger partial charge in [-0.3, -0.25) is 9.59 Å². The van der Waals surface area contributed by atoms with Crippen molar-refractivity contribution < 1.29 is 23.5 Å². The van der Waals surface area contributed by atoms with Crippen LogP contribution in [0.1, 0.15) is 19.3 Å². The first-order chi connectivity index (χ1) is 9.93. The van der Waals surface area contributed by atoms with Gasteiger partial charge in [0.05, 0.1) is 11.8 Å². The number of carboxylic acid groups (broad SMARTS) is 1. The molecule has 0 aromatic carbocycles. The molecule has 2 unspecified atom stereocenters. The number of nitrogens with one attached hydrogen (secondary N) is 1. The van der Waals surface area contributed by atoms with E-state index >= 15 is 0 Å². The van der Waals surface area contributed by atoms with E-state index in [4.69, 9.17) is 14.0 Å². The molecule has 0 bridgehead atoms. The number of hydrogen-bond acceptors (Lipinski definition) is 4. The van der Waals surface area contributed by atoms with E-state index in [0.717, 1.165) is 12.5 Å². The molecule has 1 amide bonds. The molecule has 0 aromatic rings. The summed E-state index contributed by atoms with van der Waals surface area (Å²) in [6, 6.07) is 0.785. The highest BCUT2D eigenvalue weighted by Gasteiger charge is 2.34. The van der Waals surface area contributed by atoms with Crippen molar-refractivity contribution >= 4 is 20.4 Å². The SMILES string of the molecule is CO[Si](C)(CCCNC(=O)C1CC=CCC1C(=O)O)OC. The number of carbonyl (C=O) groups excluding carboxylic acids is 1. The lowest BCUT2D eigenvalue weighted by atomic mass is 9.82. The van der Waals surface area contributed by atoms with Crippen molar-refractivity contribution in [1.82, 2.24) is 5.32 Å². The van der Waals surface area contributed by atoms with Gasteiger partial charge in [-0.1, -0.05) is 12.2 Å². The van der Waals surface area contributed by atoms with Gasteiger partial charge in [-0.2, -0.15) is 0 Å². The molecule has 0 heterocycles. The zero-order chi connectivity index (χ0) is 15.9. The molecule has 6 nitrogen and oxygen atoms in total. The summed E-state index contributed by atoms with van der Waals surface area (Å²) >= 11 is 0. The Kier molecular flexibility index (Phi) is 7.07. The highest BCUT2D eigenvalue weighted by atomic mass is 28.4. The van der Waals surface area contributed by atoms with Crippen LogP contribution in [0, 0.1) is 11.8 Å². The fourth-order valence-corrected chi connectivity index (χ4v) is 3.81. The van der Waals surface area contributed by atoms with Crippen molar-refractivity contribution in [3.8, 4) is 0 Å². The fourth-order valence-electron chi connectivity index (χ4n) is 2.42. The molecular formula is C14H25NO5Si. The molecule has 1 aliphatic carbocycles. The number of rotatable bonds is 8. The Labute approximate surface area is 126 Å². The molecule has 0 fully saturated rings. The van der Waals surface area contributed by atoms with E-state index in [1.807, 2.05) is 18.7 Å². The van der Waals surface area contributed by atoms with Gasteiger partial charge in [-0.15, -0.1) is 0 Å². The second kappa shape index (κ2) is 8.31. The number of amides is 1. The van der Waals surface area contributed by atoms with Crippen molar-refractivity contribution in [3.05, 3.63) is 12.2 Å². The number of allylic oxidation sites excluding steroid dienone is 2. The van der Waals surface area contributed by atoms with E-state index in [1.165, 1.54) is 0 Å². The summed E-state index contributed by atoms with van der Waals surface area (Å²) < 4.78 is 10.8. The van der Waals surface area contributed by atoms with Crippen LogP contribution in [0.5, 0.6) is 0 Å². The first-order valence-corrected chi connectivity index (χ1v) is 9.71. The number of carboxylic acids is 1. The van der Waals surface area contributed by atoms with Crippen LogP contribution in [-0.2, 0) is 18.4 Å². The van der Waals surface area contributed by atoms with Crippen LogP contribution in [0.2, 0.25) is 12.6 Å². The molecule has 1 aliphatic rings. The third-order valence-corrected chi connectivity index (χ3v) is 7.05. The molecule has 0 spiro atoms. The van der Waals surface area contributed by atoms with Gasteiger partial charge < -0.3 is 19.3 Å². The second-order valence-electron chi connectivity index (χ2n) is 5.43. The summed E-state index contributed by atoms with van der Waals surface area (Å²) in [5.41, 5.74) is 0. The molecular weight excluding hydrogens is 290 g/mol. The standard InChI is InChI=1S/C14H25NO5Si/c1-19-21(3,20-2)10-6-9-15-13(16)11-7-4-5-8-12(11)14(17)18/h4-5,11-12H,6-10H2,1-3H3,(H,15,16)(H,17,18). The zero-order valence-electron chi connectivity index (χ0n) is 12.9. The van der Waals surface area contributed by atoms with Gasteiger partial charge in [0.25, 0.3) is 0 Å². The van der Waals surface area contributed by atoms with Crippen molar-refractivity contribution in [2.75, 3.05) is 20.8 Å². The third kappa shape index (κ3) is 5.26. The lowest BCUT2D eigenvalue weighted by Gasteiger charge is -2.25. The molecule has 0 aromatic heterocycles. The fraction of sp³-hybridized carbons (Fsp3) is 0.714.